The average molecular weight is 383 g/mol. The summed E-state index contributed by atoms with van der Waals surface area (Å²) in [5.74, 6) is 0.829. The van der Waals surface area contributed by atoms with Gasteiger partial charge in [0.1, 0.15) is 5.82 Å². The van der Waals surface area contributed by atoms with Gasteiger partial charge in [-0.25, -0.2) is 9.97 Å². The van der Waals surface area contributed by atoms with E-state index in [-0.39, 0.29) is 17.8 Å². The first-order valence-electron chi connectivity index (χ1n) is 9.96. The van der Waals surface area contributed by atoms with Crippen LogP contribution >= 0.6 is 0 Å². The van der Waals surface area contributed by atoms with E-state index in [9.17, 15) is 4.79 Å². The zero-order valence-electron chi connectivity index (χ0n) is 17.4. The van der Waals surface area contributed by atoms with E-state index in [1.807, 2.05) is 26.1 Å². The lowest BCUT2D eigenvalue weighted by Crippen LogP contribution is -2.35. The van der Waals surface area contributed by atoms with Crippen molar-refractivity contribution >= 4 is 11.7 Å². The molecule has 1 amide bonds. The second kappa shape index (κ2) is 8.65. The molecule has 0 radical (unpaired) electrons. The van der Waals surface area contributed by atoms with E-state index in [1.54, 1.807) is 7.05 Å². The molecule has 0 aliphatic carbocycles. The van der Waals surface area contributed by atoms with Gasteiger partial charge in [-0.15, -0.1) is 0 Å². The number of hydrogen-bond acceptors (Lipinski definition) is 6. The summed E-state index contributed by atoms with van der Waals surface area (Å²) in [6.07, 6.45) is 3.87. The van der Waals surface area contributed by atoms with Crippen molar-refractivity contribution in [2.75, 3.05) is 25.0 Å². The SMILES string of the molecule is CCc1cccnc1C(C)N[C@@H]1CCN(c2nc(C(=O)NC)nc(C)c2C)C1. The summed E-state index contributed by atoms with van der Waals surface area (Å²) >= 11 is 0. The van der Waals surface area contributed by atoms with Gasteiger partial charge in [0, 0.05) is 49.7 Å². The summed E-state index contributed by atoms with van der Waals surface area (Å²) in [4.78, 5) is 27.7. The highest BCUT2D eigenvalue weighted by Gasteiger charge is 2.28. The van der Waals surface area contributed by atoms with Crippen LogP contribution in [0.25, 0.3) is 0 Å². The van der Waals surface area contributed by atoms with E-state index < -0.39 is 0 Å². The second-order valence-electron chi connectivity index (χ2n) is 7.38. The minimum Gasteiger partial charge on any atom is -0.355 e. The van der Waals surface area contributed by atoms with Crippen LogP contribution in [-0.4, -0.2) is 47.0 Å². The van der Waals surface area contributed by atoms with Gasteiger partial charge in [0.05, 0.1) is 5.69 Å². The van der Waals surface area contributed by atoms with Gasteiger partial charge in [-0.2, -0.15) is 0 Å². The van der Waals surface area contributed by atoms with E-state index in [4.69, 9.17) is 0 Å². The van der Waals surface area contributed by atoms with Crippen LogP contribution in [0.15, 0.2) is 18.3 Å². The number of aromatic nitrogens is 3. The Bertz CT molecular complexity index is 853. The van der Waals surface area contributed by atoms with Crippen LogP contribution in [0, 0.1) is 13.8 Å². The molecule has 0 saturated carbocycles. The summed E-state index contributed by atoms with van der Waals surface area (Å²) in [6, 6.07) is 4.68. The largest absolute Gasteiger partial charge is 0.355 e. The number of rotatable bonds is 6. The molecular formula is C21H30N6O. The van der Waals surface area contributed by atoms with Crippen molar-refractivity contribution in [3.8, 4) is 0 Å². The van der Waals surface area contributed by atoms with E-state index in [2.05, 4.69) is 50.4 Å². The quantitative estimate of drug-likeness (QED) is 0.798. The van der Waals surface area contributed by atoms with Gasteiger partial charge in [-0.3, -0.25) is 9.78 Å². The first-order valence-corrected chi connectivity index (χ1v) is 9.96. The molecule has 2 aromatic rings. The van der Waals surface area contributed by atoms with E-state index in [0.717, 1.165) is 48.7 Å². The van der Waals surface area contributed by atoms with Crippen LogP contribution in [0.4, 0.5) is 5.82 Å². The van der Waals surface area contributed by atoms with Crippen molar-refractivity contribution < 1.29 is 4.79 Å². The molecule has 1 saturated heterocycles. The lowest BCUT2D eigenvalue weighted by Gasteiger charge is -2.23. The summed E-state index contributed by atoms with van der Waals surface area (Å²) in [5.41, 5.74) is 4.28. The summed E-state index contributed by atoms with van der Waals surface area (Å²) < 4.78 is 0. The molecule has 1 aliphatic heterocycles. The number of pyridine rings is 1. The van der Waals surface area contributed by atoms with Crippen molar-refractivity contribution in [3.05, 3.63) is 46.7 Å². The van der Waals surface area contributed by atoms with Crippen LogP contribution < -0.4 is 15.5 Å². The Morgan fingerprint density at radius 2 is 2.14 bits per heavy atom. The van der Waals surface area contributed by atoms with Gasteiger partial charge in [0.15, 0.2) is 0 Å². The molecule has 28 heavy (non-hydrogen) atoms. The molecule has 2 atom stereocenters. The topological polar surface area (TPSA) is 83.0 Å². The molecule has 0 aromatic carbocycles. The second-order valence-corrected chi connectivity index (χ2v) is 7.38. The number of carbonyl (C=O) groups excluding carboxylic acids is 1. The monoisotopic (exact) mass is 382 g/mol. The van der Waals surface area contributed by atoms with Gasteiger partial charge in [-0.05, 0) is 45.2 Å². The van der Waals surface area contributed by atoms with Crippen LogP contribution in [0.2, 0.25) is 0 Å². The Hall–Kier alpha value is -2.54. The predicted octanol–water partition coefficient (Wildman–Crippen LogP) is 2.34. The maximum absolute atomic E-state index is 12.0. The molecule has 3 rings (SSSR count). The van der Waals surface area contributed by atoms with Crippen molar-refractivity contribution in [2.45, 2.75) is 52.6 Å². The molecule has 3 heterocycles. The molecule has 0 spiro atoms. The van der Waals surface area contributed by atoms with Crippen LogP contribution in [0.1, 0.15) is 59.4 Å². The minimum atomic E-state index is -0.255. The third-order valence-corrected chi connectivity index (χ3v) is 5.48. The third-order valence-electron chi connectivity index (χ3n) is 5.48. The number of amides is 1. The molecule has 7 heteroatoms. The van der Waals surface area contributed by atoms with E-state index in [0.29, 0.717) is 6.04 Å². The smallest absolute Gasteiger partial charge is 0.288 e. The van der Waals surface area contributed by atoms with Crippen molar-refractivity contribution in [3.63, 3.8) is 0 Å². The van der Waals surface area contributed by atoms with Gasteiger partial charge in [-0.1, -0.05) is 13.0 Å². The molecule has 1 aliphatic rings. The number of hydrogen-bond donors (Lipinski definition) is 2. The highest BCUT2D eigenvalue weighted by atomic mass is 16.2. The Kier molecular flexibility index (Phi) is 6.24. The number of aryl methyl sites for hydroxylation is 2. The fraction of sp³-hybridized carbons (Fsp3) is 0.524. The van der Waals surface area contributed by atoms with E-state index >= 15 is 0 Å². The molecule has 2 N–H and O–H groups in total. The fourth-order valence-corrected chi connectivity index (χ4v) is 3.80. The zero-order valence-corrected chi connectivity index (χ0v) is 17.4. The van der Waals surface area contributed by atoms with Crippen LogP contribution in [-0.2, 0) is 6.42 Å². The van der Waals surface area contributed by atoms with Gasteiger partial charge in [0.25, 0.3) is 5.91 Å². The molecule has 1 fully saturated rings. The first kappa shape index (κ1) is 20.2. The molecular weight excluding hydrogens is 352 g/mol. The summed E-state index contributed by atoms with van der Waals surface area (Å²) in [6.45, 7) is 10.0. The molecule has 1 unspecified atom stereocenters. The number of anilines is 1. The van der Waals surface area contributed by atoms with Gasteiger partial charge < -0.3 is 15.5 Å². The fourth-order valence-electron chi connectivity index (χ4n) is 3.80. The van der Waals surface area contributed by atoms with Gasteiger partial charge in [0.2, 0.25) is 5.82 Å². The van der Waals surface area contributed by atoms with E-state index in [1.165, 1.54) is 5.56 Å². The summed E-state index contributed by atoms with van der Waals surface area (Å²) in [5, 5.41) is 6.33. The number of carbonyl (C=O) groups is 1. The third kappa shape index (κ3) is 4.14. The Morgan fingerprint density at radius 3 is 2.86 bits per heavy atom. The molecule has 2 aromatic heterocycles. The van der Waals surface area contributed by atoms with Crippen LogP contribution in [0.5, 0.6) is 0 Å². The van der Waals surface area contributed by atoms with Crippen molar-refractivity contribution in [2.24, 2.45) is 0 Å². The first-order chi connectivity index (χ1) is 13.4. The highest BCUT2D eigenvalue weighted by Crippen LogP contribution is 2.25. The maximum Gasteiger partial charge on any atom is 0.288 e. The number of nitrogens with one attached hydrogen (secondary N) is 2. The standard InChI is InChI=1S/C21H30N6O/c1-6-16-8-7-10-23-18(16)15(4)24-17-9-11-27(12-17)20-13(2)14(3)25-19(26-20)21(28)22-5/h7-8,10,15,17,24H,6,9,11-12H2,1-5H3,(H,22,28)/t15?,17-/m1/s1. The molecule has 150 valence electrons. The average Bonchev–Trinajstić information content (AvgIpc) is 3.17. The lowest BCUT2D eigenvalue weighted by atomic mass is 10.1. The minimum absolute atomic E-state index is 0.191. The Labute approximate surface area is 167 Å². The maximum atomic E-state index is 12.0. The van der Waals surface area contributed by atoms with Crippen LogP contribution in [0.3, 0.4) is 0 Å². The Balaban J connectivity index is 1.73. The number of nitrogens with zero attached hydrogens (tertiary/aromatic N) is 4. The molecule has 0 bridgehead atoms. The summed E-state index contributed by atoms with van der Waals surface area (Å²) in [7, 11) is 1.60. The predicted molar refractivity (Wildman–Crippen MR) is 111 cm³/mol. The highest BCUT2D eigenvalue weighted by molar-refractivity contribution is 5.90. The normalized spacial score (nSPS) is 17.6. The molecule has 7 nitrogen and oxygen atoms in total. The van der Waals surface area contributed by atoms with Crippen molar-refractivity contribution in [1.29, 1.82) is 0 Å². The van der Waals surface area contributed by atoms with Crippen molar-refractivity contribution in [1.82, 2.24) is 25.6 Å². The Morgan fingerprint density at radius 1 is 1.36 bits per heavy atom. The lowest BCUT2D eigenvalue weighted by molar-refractivity contribution is 0.0952. The zero-order chi connectivity index (χ0) is 20.3. The van der Waals surface area contributed by atoms with Gasteiger partial charge >= 0.3 is 0 Å².